The first kappa shape index (κ1) is 33.7. The number of methoxy groups -OCH3 is 1. The van der Waals surface area contributed by atoms with Crippen LogP contribution in [0, 0.1) is 0 Å². The smallest absolute Gasteiger partial charge is 0.232 e. The fraction of sp³-hybridized carbons (Fsp3) is 0.471. The third-order valence-electron chi connectivity index (χ3n) is 9.90. The molecule has 49 heavy (non-hydrogen) atoms. The Kier molecular flexibility index (Phi) is 9.52. The summed E-state index contributed by atoms with van der Waals surface area (Å²) in [5, 5.41) is 6.72. The summed E-state index contributed by atoms with van der Waals surface area (Å²) in [7, 11) is 1.79. The second-order valence-electron chi connectivity index (χ2n) is 13.2. The van der Waals surface area contributed by atoms with Gasteiger partial charge in [-0.2, -0.15) is 4.98 Å². The van der Waals surface area contributed by atoms with Crippen LogP contribution in [0.5, 0.6) is 5.75 Å². The average molecular weight is 752 g/mol. The van der Waals surface area contributed by atoms with Crippen LogP contribution in [0.4, 0.5) is 34.5 Å². The van der Waals surface area contributed by atoms with Gasteiger partial charge in [-0.05, 0) is 78.3 Å². The third kappa shape index (κ3) is 7.25. The van der Waals surface area contributed by atoms with Crippen LogP contribution >= 0.6 is 15.9 Å². The molecule has 3 fully saturated rings. The highest BCUT2D eigenvalue weighted by Crippen LogP contribution is 2.48. The highest BCUT2D eigenvalue weighted by Gasteiger charge is 2.32. The second-order valence-corrected chi connectivity index (χ2v) is 16.1. The number of rotatable bonds is 10. The monoisotopic (exact) mass is 750 g/mol. The molecule has 0 atom stereocenters. The molecule has 4 aromatic rings. The number of benzene rings is 2. The fourth-order valence-corrected chi connectivity index (χ4v) is 7.68. The van der Waals surface area contributed by atoms with Gasteiger partial charge >= 0.3 is 0 Å². The molecule has 2 aliphatic heterocycles. The molecule has 4 heterocycles. The van der Waals surface area contributed by atoms with Gasteiger partial charge in [-0.3, -0.25) is 19.2 Å². The van der Waals surface area contributed by atoms with Crippen molar-refractivity contribution < 1.29 is 13.2 Å². The first-order chi connectivity index (χ1) is 23.6. The fourth-order valence-electron chi connectivity index (χ4n) is 6.88. The summed E-state index contributed by atoms with van der Waals surface area (Å²) >= 11 is 3.57. The predicted octanol–water partition coefficient (Wildman–Crippen LogP) is 5.17. The summed E-state index contributed by atoms with van der Waals surface area (Å²) in [6.45, 7) is 6.69. The van der Waals surface area contributed by atoms with E-state index in [4.69, 9.17) is 9.72 Å². The van der Waals surface area contributed by atoms with E-state index in [0.29, 0.717) is 50.6 Å². The first-order valence-electron chi connectivity index (χ1n) is 16.7. The molecule has 0 bridgehead atoms. The number of hydrogen-bond acceptors (Lipinski definition) is 12. The van der Waals surface area contributed by atoms with Crippen LogP contribution in [-0.4, -0.2) is 111 Å². The lowest BCUT2D eigenvalue weighted by Gasteiger charge is -2.43. The number of halogens is 1. The lowest BCUT2D eigenvalue weighted by atomic mass is 9.99. The van der Waals surface area contributed by atoms with Gasteiger partial charge in [0.15, 0.2) is 0 Å². The van der Waals surface area contributed by atoms with Crippen molar-refractivity contribution in [2.24, 2.45) is 0 Å². The predicted molar refractivity (Wildman–Crippen MR) is 198 cm³/mol. The number of aromatic nitrogens is 4. The molecular weight excluding hydrogens is 708 g/mol. The average Bonchev–Trinajstić information content (AvgIpc) is 3.95. The summed E-state index contributed by atoms with van der Waals surface area (Å²) < 4.78 is 33.0. The molecule has 15 heteroatoms. The number of fused-ring (bicyclic) bond motifs is 1. The van der Waals surface area contributed by atoms with E-state index < -0.39 is 10.0 Å². The van der Waals surface area contributed by atoms with Gasteiger partial charge in [0.2, 0.25) is 16.0 Å². The number of sulfonamides is 1. The zero-order valence-electron chi connectivity index (χ0n) is 28.4. The molecule has 260 valence electrons. The minimum absolute atomic E-state index is 0.366. The van der Waals surface area contributed by atoms with E-state index in [1.807, 2.05) is 0 Å². The van der Waals surface area contributed by atoms with Crippen LogP contribution in [0.3, 0.4) is 0 Å². The molecule has 3 aliphatic rings. The summed E-state index contributed by atoms with van der Waals surface area (Å²) in [5.41, 5.74) is 5.29. The van der Waals surface area contributed by atoms with Gasteiger partial charge in [0.1, 0.15) is 22.8 Å². The highest BCUT2D eigenvalue weighted by molar-refractivity contribution is 9.10. The summed E-state index contributed by atoms with van der Waals surface area (Å²) in [5.74, 6) is 2.07. The summed E-state index contributed by atoms with van der Waals surface area (Å²) in [4.78, 5) is 25.8. The number of piperidine rings is 1. The van der Waals surface area contributed by atoms with Crippen molar-refractivity contribution in [1.29, 1.82) is 0 Å². The van der Waals surface area contributed by atoms with Crippen molar-refractivity contribution in [1.82, 2.24) is 29.7 Å². The van der Waals surface area contributed by atoms with Crippen LogP contribution in [0.2, 0.25) is 0 Å². The Labute approximate surface area is 296 Å². The van der Waals surface area contributed by atoms with Crippen LogP contribution in [0.1, 0.15) is 37.2 Å². The van der Waals surface area contributed by atoms with Crippen LogP contribution in [0.15, 0.2) is 47.3 Å². The summed E-state index contributed by atoms with van der Waals surface area (Å²) in [6.07, 6.45) is 10.6. The molecule has 0 amide bonds. The summed E-state index contributed by atoms with van der Waals surface area (Å²) in [6, 6.07) is 8.60. The van der Waals surface area contributed by atoms with Crippen LogP contribution in [0.25, 0.3) is 11.0 Å². The minimum atomic E-state index is -3.61. The van der Waals surface area contributed by atoms with E-state index in [9.17, 15) is 8.42 Å². The van der Waals surface area contributed by atoms with Gasteiger partial charge in [-0.15, -0.1) is 0 Å². The topological polar surface area (TPSA) is 132 Å². The molecule has 0 spiro atoms. The Bertz CT molecular complexity index is 1940. The molecule has 2 aromatic carbocycles. The molecular formula is C34H43BrN10O3S. The van der Waals surface area contributed by atoms with Gasteiger partial charge < -0.3 is 25.2 Å². The molecule has 2 aromatic heterocycles. The molecule has 2 saturated heterocycles. The van der Waals surface area contributed by atoms with Gasteiger partial charge in [-0.25, -0.2) is 13.4 Å². The quantitative estimate of drug-likeness (QED) is 0.222. The molecule has 1 aliphatic carbocycles. The standard InChI is InChI=1S/C34H43BrN10O3S/c1-42-15-17-44(18-16-42)23-9-13-45(14-10-23)29-20-30(48-3)28(19-24(29)22-5-6-22)40-34-38-21-25(35)33(41-34)39-27-8-7-26-31(37-12-11-36-26)32(27)43(2)49(4,46)47/h7-8,11-12,19-23H,5-6,9-10,13-18H2,1-4H3,(H2,38,39,40,41). The lowest BCUT2D eigenvalue weighted by molar-refractivity contribution is 0.0982. The number of nitrogens with zero attached hydrogens (tertiary/aromatic N) is 8. The lowest BCUT2D eigenvalue weighted by Crippen LogP contribution is -2.52. The maximum Gasteiger partial charge on any atom is 0.232 e. The van der Waals surface area contributed by atoms with Crippen molar-refractivity contribution in [3.8, 4) is 5.75 Å². The number of anilines is 6. The van der Waals surface area contributed by atoms with E-state index in [0.717, 1.165) is 57.0 Å². The largest absolute Gasteiger partial charge is 0.494 e. The third-order valence-corrected chi connectivity index (χ3v) is 11.7. The van der Waals surface area contributed by atoms with Gasteiger partial charge in [0.25, 0.3) is 0 Å². The van der Waals surface area contributed by atoms with Crippen molar-refractivity contribution in [2.45, 2.75) is 37.6 Å². The number of nitrogens with one attached hydrogen (secondary N) is 2. The Balaban J connectivity index is 1.14. The Morgan fingerprint density at radius 3 is 2.37 bits per heavy atom. The Morgan fingerprint density at radius 1 is 0.939 bits per heavy atom. The number of piperazine rings is 1. The second kappa shape index (κ2) is 13.8. The van der Waals surface area contributed by atoms with E-state index in [-0.39, 0.29) is 0 Å². The highest BCUT2D eigenvalue weighted by atomic mass is 79.9. The van der Waals surface area contributed by atoms with Crippen LogP contribution < -0.4 is 24.6 Å². The minimum Gasteiger partial charge on any atom is -0.494 e. The number of ether oxygens (including phenoxy) is 1. The van der Waals surface area contributed by atoms with Crippen LogP contribution in [-0.2, 0) is 10.0 Å². The number of likely N-dealkylation sites (N-methyl/N-ethyl adjacent to an activating group) is 1. The molecule has 7 rings (SSSR count). The van der Waals surface area contributed by atoms with E-state index in [1.165, 1.54) is 48.3 Å². The van der Waals surface area contributed by atoms with Gasteiger partial charge in [-0.1, -0.05) is 0 Å². The normalized spacial score (nSPS) is 18.1. The molecule has 0 radical (unpaired) electrons. The zero-order valence-corrected chi connectivity index (χ0v) is 30.8. The van der Waals surface area contributed by atoms with E-state index >= 15 is 0 Å². The van der Waals surface area contributed by atoms with Gasteiger partial charge in [0.05, 0.1) is 34.7 Å². The van der Waals surface area contributed by atoms with Crippen molar-refractivity contribution in [3.63, 3.8) is 0 Å². The molecule has 13 nitrogen and oxygen atoms in total. The molecule has 0 unspecified atom stereocenters. The number of hydrogen-bond donors (Lipinski definition) is 2. The molecule has 2 N–H and O–H groups in total. The van der Waals surface area contributed by atoms with E-state index in [2.05, 4.69) is 75.4 Å². The van der Waals surface area contributed by atoms with Crippen molar-refractivity contribution in [3.05, 3.63) is 52.9 Å². The zero-order chi connectivity index (χ0) is 34.3. The SMILES string of the molecule is COc1cc(N2CCC(N3CCN(C)CC3)CC2)c(C2CC2)cc1Nc1ncc(Br)c(Nc2ccc3nccnc3c2N(C)S(C)(=O)=O)n1. The Morgan fingerprint density at radius 2 is 1.67 bits per heavy atom. The first-order valence-corrected chi connectivity index (χ1v) is 19.4. The van der Waals surface area contributed by atoms with Crippen molar-refractivity contribution in [2.75, 3.05) is 86.6 Å². The van der Waals surface area contributed by atoms with E-state index in [1.54, 1.807) is 37.8 Å². The van der Waals surface area contributed by atoms with Gasteiger partial charge in [0, 0.05) is 82.7 Å². The Hall–Kier alpha value is -3.79. The maximum atomic E-state index is 12.6. The maximum absolute atomic E-state index is 12.6. The van der Waals surface area contributed by atoms with Crippen molar-refractivity contribution >= 4 is 71.5 Å². The molecule has 1 saturated carbocycles.